The van der Waals surface area contributed by atoms with Crippen LogP contribution in [0.15, 0.2) is 88.7 Å². The van der Waals surface area contributed by atoms with Crippen LogP contribution in [0, 0.1) is 5.92 Å². The van der Waals surface area contributed by atoms with Crippen LogP contribution in [0.2, 0.25) is 0 Å². The Balaban J connectivity index is 1.35. The van der Waals surface area contributed by atoms with E-state index >= 15 is 0 Å². The van der Waals surface area contributed by atoms with Gasteiger partial charge in [0.15, 0.2) is 0 Å². The number of hydrogen-bond donors (Lipinski definition) is 1. The first-order chi connectivity index (χ1) is 16.3. The van der Waals surface area contributed by atoms with Crippen molar-refractivity contribution in [2.45, 2.75) is 29.1 Å². The highest BCUT2D eigenvalue weighted by Gasteiger charge is 2.29. The molecule has 3 aromatic carbocycles. The Labute approximate surface area is 203 Å². The van der Waals surface area contributed by atoms with E-state index in [0.717, 1.165) is 19.3 Å². The number of carbonyl (C=O) groups is 1. The molecule has 178 valence electrons. The summed E-state index contributed by atoms with van der Waals surface area (Å²) in [6.07, 6.45) is 4.24. The molecule has 0 spiro atoms. The standard InChI is InChI=1S/C26H28N2O4S2/c1-33(30)24-11-7-22(8-12-24)26(29)27-23-9-13-25(14-10-23)34(31,32)28-17-15-21(16-18-28)19-20-5-3-2-4-6-20/h2-14,21H,15-19H2,1H3,(H,27,29)/t33-/m0/s1. The van der Waals surface area contributed by atoms with Crippen molar-refractivity contribution in [1.82, 2.24) is 4.31 Å². The number of hydrogen-bond acceptors (Lipinski definition) is 4. The largest absolute Gasteiger partial charge is 0.322 e. The van der Waals surface area contributed by atoms with Crippen LogP contribution in [-0.2, 0) is 27.2 Å². The lowest BCUT2D eigenvalue weighted by Crippen LogP contribution is -2.38. The van der Waals surface area contributed by atoms with Gasteiger partial charge < -0.3 is 5.32 Å². The fourth-order valence-electron chi connectivity index (χ4n) is 4.16. The average Bonchev–Trinajstić information content (AvgIpc) is 2.85. The van der Waals surface area contributed by atoms with Gasteiger partial charge in [0.2, 0.25) is 10.0 Å². The van der Waals surface area contributed by atoms with Crippen molar-refractivity contribution in [3.8, 4) is 0 Å². The van der Waals surface area contributed by atoms with Crippen LogP contribution in [0.4, 0.5) is 5.69 Å². The maximum absolute atomic E-state index is 13.1. The van der Waals surface area contributed by atoms with Gasteiger partial charge in [-0.2, -0.15) is 4.31 Å². The molecule has 3 aromatic rings. The molecule has 1 atom stereocenters. The zero-order chi connectivity index (χ0) is 24.1. The fourth-order valence-corrected chi connectivity index (χ4v) is 6.15. The van der Waals surface area contributed by atoms with Gasteiger partial charge >= 0.3 is 0 Å². The number of amides is 1. The highest BCUT2D eigenvalue weighted by Crippen LogP contribution is 2.27. The minimum atomic E-state index is -3.58. The van der Waals surface area contributed by atoms with Gasteiger partial charge in [-0.25, -0.2) is 8.42 Å². The summed E-state index contributed by atoms with van der Waals surface area (Å²) in [7, 11) is -4.68. The van der Waals surface area contributed by atoms with Crippen molar-refractivity contribution >= 4 is 32.4 Å². The Morgan fingerprint density at radius 2 is 1.56 bits per heavy atom. The highest BCUT2D eigenvalue weighted by atomic mass is 32.2. The molecular weight excluding hydrogens is 468 g/mol. The maximum Gasteiger partial charge on any atom is 0.255 e. The van der Waals surface area contributed by atoms with Crippen LogP contribution in [-0.4, -0.2) is 42.2 Å². The van der Waals surface area contributed by atoms with Crippen molar-refractivity contribution in [2.75, 3.05) is 24.7 Å². The van der Waals surface area contributed by atoms with Crippen molar-refractivity contribution in [2.24, 2.45) is 5.92 Å². The molecule has 1 aliphatic heterocycles. The summed E-state index contributed by atoms with van der Waals surface area (Å²) in [6.45, 7) is 1.02. The molecule has 1 N–H and O–H groups in total. The topological polar surface area (TPSA) is 83.5 Å². The van der Waals surface area contributed by atoms with Crippen LogP contribution >= 0.6 is 0 Å². The number of nitrogens with zero attached hydrogens (tertiary/aromatic N) is 1. The van der Waals surface area contributed by atoms with Gasteiger partial charge in [-0.3, -0.25) is 9.00 Å². The van der Waals surface area contributed by atoms with Gasteiger partial charge in [0.05, 0.1) is 4.90 Å². The summed E-state index contributed by atoms with van der Waals surface area (Å²) in [4.78, 5) is 13.3. The molecule has 1 saturated heterocycles. The number of piperidine rings is 1. The van der Waals surface area contributed by atoms with E-state index < -0.39 is 20.8 Å². The van der Waals surface area contributed by atoms with Gasteiger partial charge in [0.25, 0.3) is 5.91 Å². The van der Waals surface area contributed by atoms with Crippen LogP contribution < -0.4 is 5.32 Å². The van der Waals surface area contributed by atoms with E-state index in [1.165, 1.54) is 17.7 Å². The van der Waals surface area contributed by atoms with E-state index in [1.807, 2.05) is 18.2 Å². The molecule has 1 fully saturated rings. The summed E-state index contributed by atoms with van der Waals surface area (Å²) in [5.41, 5.74) is 2.23. The third kappa shape index (κ3) is 5.81. The SMILES string of the molecule is C[S@](=O)c1ccc(C(=O)Nc2ccc(S(=O)(=O)N3CCC(Cc4ccccc4)CC3)cc2)cc1. The van der Waals surface area contributed by atoms with Crippen LogP contribution in [0.3, 0.4) is 0 Å². The minimum Gasteiger partial charge on any atom is -0.322 e. The Morgan fingerprint density at radius 3 is 2.15 bits per heavy atom. The molecule has 1 heterocycles. The third-order valence-electron chi connectivity index (χ3n) is 6.14. The van der Waals surface area contributed by atoms with E-state index in [9.17, 15) is 17.4 Å². The van der Waals surface area contributed by atoms with Gasteiger partial charge in [-0.15, -0.1) is 0 Å². The van der Waals surface area contributed by atoms with E-state index in [1.54, 1.807) is 47.0 Å². The first-order valence-electron chi connectivity index (χ1n) is 11.2. The maximum atomic E-state index is 13.1. The van der Waals surface area contributed by atoms with Gasteiger partial charge in [-0.1, -0.05) is 30.3 Å². The van der Waals surface area contributed by atoms with Gasteiger partial charge in [0.1, 0.15) is 0 Å². The summed E-state index contributed by atoms with van der Waals surface area (Å²) in [5, 5.41) is 2.77. The number of nitrogens with one attached hydrogen (secondary N) is 1. The summed E-state index contributed by atoms with van der Waals surface area (Å²) in [6, 6.07) is 23.1. The second-order valence-electron chi connectivity index (χ2n) is 8.49. The zero-order valence-corrected chi connectivity index (χ0v) is 20.6. The molecule has 1 aliphatic rings. The number of carbonyl (C=O) groups excluding carboxylic acids is 1. The van der Waals surface area contributed by atoms with Crippen LogP contribution in [0.1, 0.15) is 28.8 Å². The Hall–Kier alpha value is -2.81. The summed E-state index contributed by atoms with van der Waals surface area (Å²) < 4.78 is 39.3. The molecule has 0 radical (unpaired) electrons. The molecule has 0 bridgehead atoms. The lowest BCUT2D eigenvalue weighted by Gasteiger charge is -2.31. The third-order valence-corrected chi connectivity index (χ3v) is 8.99. The van der Waals surface area contributed by atoms with E-state index in [4.69, 9.17) is 0 Å². The molecule has 1 amide bonds. The van der Waals surface area contributed by atoms with Crippen molar-refractivity contribution < 1.29 is 17.4 Å². The predicted molar refractivity (Wildman–Crippen MR) is 135 cm³/mol. The van der Waals surface area contributed by atoms with Gasteiger partial charge in [-0.05, 0) is 79.3 Å². The first-order valence-corrected chi connectivity index (χ1v) is 14.2. The molecule has 0 unspecified atom stereocenters. The lowest BCUT2D eigenvalue weighted by atomic mass is 9.91. The Morgan fingerprint density at radius 1 is 0.941 bits per heavy atom. The number of rotatable bonds is 7. The number of benzene rings is 3. The Kier molecular flexibility index (Phi) is 7.60. The van der Waals surface area contributed by atoms with Crippen molar-refractivity contribution in [3.63, 3.8) is 0 Å². The first kappa shape index (κ1) is 24.3. The monoisotopic (exact) mass is 496 g/mol. The highest BCUT2D eigenvalue weighted by molar-refractivity contribution is 7.89. The molecule has 0 aliphatic carbocycles. The molecule has 34 heavy (non-hydrogen) atoms. The number of sulfonamides is 1. The minimum absolute atomic E-state index is 0.224. The van der Waals surface area contributed by atoms with Crippen LogP contribution in [0.5, 0.6) is 0 Å². The Bertz CT molecular complexity index is 1250. The van der Waals surface area contributed by atoms with Gasteiger partial charge in [0, 0.05) is 46.3 Å². The summed E-state index contributed by atoms with van der Waals surface area (Å²) >= 11 is 0. The zero-order valence-electron chi connectivity index (χ0n) is 19.0. The molecule has 4 rings (SSSR count). The van der Waals surface area contributed by atoms with E-state index in [-0.39, 0.29) is 10.8 Å². The molecule has 0 saturated carbocycles. The lowest BCUT2D eigenvalue weighted by molar-refractivity contribution is 0.102. The van der Waals surface area contributed by atoms with E-state index in [0.29, 0.717) is 35.2 Å². The second-order valence-corrected chi connectivity index (χ2v) is 11.8. The fraction of sp³-hybridized carbons (Fsp3) is 0.269. The second kappa shape index (κ2) is 10.6. The number of anilines is 1. The molecule has 6 nitrogen and oxygen atoms in total. The normalized spacial score (nSPS) is 16.1. The van der Waals surface area contributed by atoms with E-state index in [2.05, 4.69) is 17.4 Å². The summed E-state index contributed by atoms with van der Waals surface area (Å²) in [5.74, 6) is 0.169. The molecule has 0 aromatic heterocycles. The smallest absolute Gasteiger partial charge is 0.255 e. The van der Waals surface area contributed by atoms with Crippen LogP contribution in [0.25, 0.3) is 0 Å². The molecular formula is C26H28N2O4S2. The van der Waals surface area contributed by atoms with Crippen molar-refractivity contribution in [1.29, 1.82) is 0 Å². The average molecular weight is 497 g/mol. The predicted octanol–water partition coefficient (Wildman–Crippen LogP) is 4.32. The quantitative estimate of drug-likeness (QED) is 0.528. The van der Waals surface area contributed by atoms with Crippen molar-refractivity contribution in [3.05, 3.63) is 90.0 Å². The molecule has 8 heteroatoms.